The second kappa shape index (κ2) is 4.46. The van der Waals surface area contributed by atoms with Crippen LogP contribution < -0.4 is 0 Å². The SMILES string of the molecule is COC1CCN(CC=O)CC1. The number of methoxy groups -OCH3 is 1. The van der Waals surface area contributed by atoms with E-state index in [-0.39, 0.29) is 0 Å². The Morgan fingerprint density at radius 2 is 2.18 bits per heavy atom. The molecule has 0 N–H and O–H groups in total. The summed E-state index contributed by atoms with van der Waals surface area (Å²) in [6.45, 7) is 2.57. The normalized spacial score (nSPS) is 21.9. The Bertz CT molecular complexity index is 119. The molecule has 0 unspecified atom stereocenters. The number of nitrogens with zero attached hydrogens (tertiary/aromatic N) is 1. The van der Waals surface area contributed by atoms with E-state index in [0.29, 0.717) is 12.6 Å². The standard InChI is InChI=1S/C8H15NO2/c1-11-8-2-4-9(5-3-8)6-7-10/h7-8H,2-6H2,1H3. The molecule has 0 aromatic rings. The van der Waals surface area contributed by atoms with Crippen LogP contribution in [0.15, 0.2) is 0 Å². The van der Waals surface area contributed by atoms with Crippen molar-refractivity contribution >= 4 is 6.29 Å². The molecular formula is C8H15NO2. The zero-order chi connectivity index (χ0) is 8.10. The molecule has 0 amide bonds. The molecule has 1 fully saturated rings. The highest BCUT2D eigenvalue weighted by atomic mass is 16.5. The monoisotopic (exact) mass is 157 g/mol. The molecule has 0 aliphatic carbocycles. The van der Waals surface area contributed by atoms with Gasteiger partial charge < -0.3 is 9.53 Å². The predicted octanol–water partition coefficient (Wildman–Crippen LogP) is 0.296. The maximum Gasteiger partial charge on any atom is 0.133 e. The lowest BCUT2D eigenvalue weighted by molar-refractivity contribution is -0.109. The Morgan fingerprint density at radius 1 is 1.55 bits per heavy atom. The van der Waals surface area contributed by atoms with Crippen LogP contribution in [0, 0.1) is 0 Å². The first-order valence-corrected chi connectivity index (χ1v) is 4.05. The molecule has 1 saturated heterocycles. The minimum absolute atomic E-state index is 0.415. The van der Waals surface area contributed by atoms with Crippen LogP contribution in [0.1, 0.15) is 12.8 Å². The van der Waals surface area contributed by atoms with E-state index in [9.17, 15) is 4.79 Å². The number of likely N-dealkylation sites (tertiary alicyclic amines) is 1. The van der Waals surface area contributed by atoms with Crippen LogP contribution in [0.2, 0.25) is 0 Å². The van der Waals surface area contributed by atoms with Crippen molar-refractivity contribution in [3.63, 3.8) is 0 Å². The van der Waals surface area contributed by atoms with Crippen molar-refractivity contribution in [3.8, 4) is 0 Å². The molecule has 0 saturated carbocycles. The first-order chi connectivity index (χ1) is 5.36. The Morgan fingerprint density at radius 3 is 2.64 bits per heavy atom. The Kier molecular flexibility index (Phi) is 3.52. The van der Waals surface area contributed by atoms with E-state index in [4.69, 9.17) is 4.74 Å². The van der Waals surface area contributed by atoms with Crippen molar-refractivity contribution in [1.82, 2.24) is 4.90 Å². The van der Waals surface area contributed by atoms with Crippen molar-refractivity contribution < 1.29 is 9.53 Å². The fraction of sp³-hybridized carbons (Fsp3) is 0.875. The second-order valence-electron chi connectivity index (χ2n) is 2.90. The number of aldehydes is 1. The number of rotatable bonds is 3. The molecule has 1 heterocycles. The summed E-state index contributed by atoms with van der Waals surface area (Å²) < 4.78 is 5.20. The molecule has 0 radical (unpaired) electrons. The summed E-state index contributed by atoms with van der Waals surface area (Å²) in [4.78, 5) is 12.3. The van der Waals surface area contributed by atoms with Gasteiger partial charge in [-0.15, -0.1) is 0 Å². The Balaban J connectivity index is 2.18. The van der Waals surface area contributed by atoms with E-state index in [1.807, 2.05) is 0 Å². The molecule has 1 aliphatic rings. The molecule has 0 bridgehead atoms. The summed E-state index contributed by atoms with van der Waals surface area (Å²) in [5, 5.41) is 0. The third kappa shape index (κ3) is 2.60. The summed E-state index contributed by atoms with van der Waals surface area (Å²) in [5.74, 6) is 0. The van der Waals surface area contributed by atoms with Gasteiger partial charge in [0.05, 0.1) is 12.6 Å². The number of ether oxygens (including phenoxy) is 1. The molecule has 0 aromatic heterocycles. The van der Waals surface area contributed by atoms with Gasteiger partial charge in [-0.1, -0.05) is 0 Å². The molecule has 3 heteroatoms. The molecule has 1 rings (SSSR count). The van der Waals surface area contributed by atoms with Gasteiger partial charge in [-0.3, -0.25) is 4.90 Å². The lowest BCUT2D eigenvalue weighted by atomic mass is 10.1. The third-order valence-electron chi connectivity index (χ3n) is 2.20. The van der Waals surface area contributed by atoms with Gasteiger partial charge in [0.1, 0.15) is 6.29 Å². The molecule has 0 atom stereocenters. The van der Waals surface area contributed by atoms with Crippen LogP contribution >= 0.6 is 0 Å². The van der Waals surface area contributed by atoms with Crippen LogP contribution in [0.5, 0.6) is 0 Å². The minimum atomic E-state index is 0.415. The fourth-order valence-electron chi connectivity index (χ4n) is 1.43. The van der Waals surface area contributed by atoms with Crippen LogP contribution in [-0.2, 0) is 9.53 Å². The van der Waals surface area contributed by atoms with Crippen molar-refractivity contribution in [2.45, 2.75) is 18.9 Å². The van der Waals surface area contributed by atoms with Gasteiger partial charge in [0, 0.05) is 20.2 Å². The summed E-state index contributed by atoms with van der Waals surface area (Å²) in [5.41, 5.74) is 0. The van der Waals surface area contributed by atoms with Crippen molar-refractivity contribution in [2.24, 2.45) is 0 Å². The first-order valence-electron chi connectivity index (χ1n) is 4.05. The average Bonchev–Trinajstić information content (AvgIpc) is 2.07. The number of hydrogen-bond donors (Lipinski definition) is 0. The quantitative estimate of drug-likeness (QED) is 0.552. The van der Waals surface area contributed by atoms with Gasteiger partial charge in [-0.2, -0.15) is 0 Å². The Labute approximate surface area is 67.3 Å². The number of carbonyl (C=O) groups is 1. The summed E-state index contributed by atoms with van der Waals surface area (Å²) in [6.07, 6.45) is 3.50. The van der Waals surface area contributed by atoms with Gasteiger partial charge >= 0.3 is 0 Å². The average molecular weight is 157 g/mol. The van der Waals surface area contributed by atoms with Crippen molar-refractivity contribution in [3.05, 3.63) is 0 Å². The third-order valence-corrected chi connectivity index (χ3v) is 2.20. The highest BCUT2D eigenvalue weighted by Crippen LogP contribution is 2.11. The van der Waals surface area contributed by atoms with Crippen LogP contribution in [0.3, 0.4) is 0 Å². The molecule has 3 nitrogen and oxygen atoms in total. The molecular weight excluding hydrogens is 142 g/mol. The summed E-state index contributed by atoms with van der Waals surface area (Å²) in [6, 6.07) is 0. The minimum Gasteiger partial charge on any atom is -0.381 e. The van der Waals surface area contributed by atoms with Gasteiger partial charge in [-0.05, 0) is 12.8 Å². The molecule has 0 aromatic carbocycles. The highest BCUT2D eigenvalue weighted by Gasteiger charge is 2.17. The number of piperidine rings is 1. The molecule has 1 aliphatic heterocycles. The van der Waals surface area contributed by atoms with E-state index in [2.05, 4.69) is 4.90 Å². The fourth-order valence-corrected chi connectivity index (χ4v) is 1.43. The lowest BCUT2D eigenvalue weighted by Gasteiger charge is -2.29. The largest absolute Gasteiger partial charge is 0.381 e. The van der Waals surface area contributed by atoms with E-state index in [1.165, 1.54) is 0 Å². The van der Waals surface area contributed by atoms with Crippen molar-refractivity contribution in [2.75, 3.05) is 26.7 Å². The first kappa shape index (κ1) is 8.68. The van der Waals surface area contributed by atoms with Crippen LogP contribution in [0.25, 0.3) is 0 Å². The summed E-state index contributed by atoms with van der Waals surface area (Å²) in [7, 11) is 1.75. The number of carbonyl (C=O) groups excluding carboxylic acids is 1. The zero-order valence-electron chi connectivity index (χ0n) is 6.95. The van der Waals surface area contributed by atoms with Crippen LogP contribution in [0.4, 0.5) is 0 Å². The highest BCUT2D eigenvalue weighted by molar-refractivity contribution is 5.51. The molecule has 0 spiro atoms. The van der Waals surface area contributed by atoms with Crippen LogP contribution in [-0.4, -0.2) is 44.0 Å². The smallest absolute Gasteiger partial charge is 0.133 e. The molecule has 11 heavy (non-hydrogen) atoms. The molecule has 64 valence electrons. The maximum absolute atomic E-state index is 10.2. The van der Waals surface area contributed by atoms with Gasteiger partial charge in [-0.25, -0.2) is 0 Å². The van der Waals surface area contributed by atoms with E-state index in [0.717, 1.165) is 32.2 Å². The maximum atomic E-state index is 10.2. The summed E-state index contributed by atoms with van der Waals surface area (Å²) >= 11 is 0. The van der Waals surface area contributed by atoms with Crippen molar-refractivity contribution in [1.29, 1.82) is 0 Å². The van der Waals surface area contributed by atoms with Gasteiger partial charge in [0.25, 0.3) is 0 Å². The van der Waals surface area contributed by atoms with E-state index >= 15 is 0 Å². The van der Waals surface area contributed by atoms with Gasteiger partial charge in [0.2, 0.25) is 0 Å². The number of hydrogen-bond acceptors (Lipinski definition) is 3. The predicted molar refractivity (Wildman–Crippen MR) is 42.5 cm³/mol. The second-order valence-corrected chi connectivity index (χ2v) is 2.90. The Hall–Kier alpha value is -0.410. The lowest BCUT2D eigenvalue weighted by Crippen LogP contribution is -2.37. The van der Waals surface area contributed by atoms with E-state index in [1.54, 1.807) is 7.11 Å². The topological polar surface area (TPSA) is 29.5 Å². The van der Waals surface area contributed by atoms with Gasteiger partial charge in [0.15, 0.2) is 0 Å². The zero-order valence-corrected chi connectivity index (χ0v) is 6.95. The van der Waals surface area contributed by atoms with E-state index < -0.39 is 0 Å².